The number of amides is 1. The lowest BCUT2D eigenvalue weighted by atomic mass is 10.1. The third kappa shape index (κ3) is 3.77. The van der Waals surface area contributed by atoms with Gasteiger partial charge in [0.25, 0.3) is 15.9 Å². The van der Waals surface area contributed by atoms with Gasteiger partial charge in [0.05, 0.1) is 30.3 Å². The number of carbonyl (C=O) groups is 1. The fourth-order valence-electron chi connectivity index (χ4n) is 3.16. The minimum absolute atomic E-state index is 0.0171. The zero-order valence-electron chi connectivity index (χ0n) is 15.5. The van der Waals surface area contributed by atoms with Crippen LogP contribution in [0.25, 0.3) is 11.1 Å². The first-order valence-electron chi connectivity index (χ1n) is 8.86. The number of nitrogens with one attached hydrogen (secondary N) is 2. The Morgan fingerprint density at radius 1 is 1.10 bits per heavy atom. The van der Waals surface area contributed by atoms with Gasteiger partial charge in [0.15, 0.2) is 0 Å². The van der Waals surface area contributed by atoms with Gasteiger partial charge in [-0.1, -0.05) is 6.07 Å². The molecular formula is C20H18N4O4S. The summed E-state index contributed by atoms with van der Waals surface area (Å²) in [6, 6.07) is 9.98. The van der Waals surface area contributed by atoms with Crippen LogP contribution < -0.4 is 14.8 Å². The van der Waals surface area contributed by atoms with Gasteiger partial charge in [-0.15, -0.1) is 0 Å². The summed E-state index contributed by atoms with van der Waals surface area (Å²) in [5.41, 5.74) is 2.75. The van der Waals surface area contributed by atoms with E-state index in [9.17, 15) is 13.2 Å². The number of ether oxygens (including phenoxy) is 1. The second kappa shape index (κ2) is 7.51. The molecule has 2 N–H and O–H groups in total. The average Bonchev–Trinajstić information content (AvgIpc) is 2.74. The number of nitrogens with zero attached hydrogens (tertiary/aromatic N) is 2. The molecule has 0 aliphatic carbocycles. The maximum absolute atomic E-state index is 13.1. The number of hydrogen-bond acceptors (Lipinski definition) is 6. The van der Waals surface area contributed by atoms with Gasteiger partial charge in [-0.05, 0) is 41.5 Å². The third-order valence-corrected chi connectivity index (χ3v) is 5.98. The second-order valence-electron chi connectivity index (χ2n) is 6.43. The van der Waals surface area contributed by atoms with E-state index in [1.807, 2.05) is 0 Å². The van der Waals surface area contributed by atoms with Gasteiger partial charge in [0, 0.05) is 25.4 Å². The molecule has 0 saturated carbocycles. The standard InChI is InChI=1S/C20H18N4O4S/c1-28-18-3-2-14(13-4-7-21-8-5-13)10-19(18)29(26,27)24-15-11-16-17(23-12-15)6-9-22-20(16)25/h2-5,7-8,10-12,24H,6,9H2,1H3,(H,22,25). The number of sulfonamides is 1. The van der Waals surface area contributed by atoms with Crippen LogP contribution in [0.3, 0.4) is 0 Å². The van der Waals surface area contributed by atoms with Crippen molar-refractivity contribution in [2.75, 3.05) is 18.4 Å². The number of hydrogen-bond donors (Lipinski definition) is 2. The largest absolute Gasteiger partial charge is 0.495 e. The highest BCUT2D eigenvalue weighted by atomic mass is 32.2. The fourth-order valence-corrected chi connectivity index (χ4v) is 4.39. The normalized spacial score (nSPS) is 13.3. The molecule has 3 heterocycles. The maximum atomic E-state index is 13.1. The topological polar surface area (TPSA) is 110 Å². The van der Waals surface area contributed by atoms with Crippen LogP contribution in [0.1, 0.15) is 16.1 Å². The number of aromatic nitrogens is 2. The van der Waals surface area contributed by atoms with Crippen LogP contribution in [0.4, 0.5) is 5.69 Å². The summed E-state index contributed by atoms with van der Waals surface area (Å²) in [7, 11) is -2.58. The van der Waals surface area contributed by atoms with Gasteiger partial charge in [-0.3, -0.25) is 19.5 Å². The molecule has 8 nitrogen and oxygen atoms in total. The first-order valence-corrected chi connectivity index (χ1v) is 10.3. The van der Waals surface area contributed by atoms with Crippen LogP contribution in [-0.4, -0.2) is 37.9 Å². The minimum atomic E-state index is -3.99. The van der Waals surface area contributed by atoms with Crippen LogP contribution in [0.5, 0.6) is 5.75 Å². The Bertz CT molecular complexity index is 1180. The number of carbonyl (C=O) groups excluding carboxylic acids is 1. The summed E-state index contributed by atoms with van der Waals surface area (Å²) < 4.78 is 33.9. The Labute approximate surface area is 168 Å². The smallest absolute Gasteiger partial charge is 0.265 e. The summed E-state index contributed by atoms with van der Waals surface area (Å²) in [5.74, 6) is -0.0592. The number of benzene rings is 1. The number of pyridine rings is 2. The molecule has 29 heavy (non-hydrogen) atoms. The van der Waals surface area contributed by atoms with Gasteiger partial charge in [0.1, 0.15) is 10.6 Å². The lowest BCUT2D eigenvalue weighted by molar-refractivity contribution is 0.0945. The Kier molecular flexibility index (Phi) is 4.89. The summed E-state index contributed by atoms with van der Waals surface area (Å²) in [4.78, 5) is 20.2. The van der Waals surface area contributed by atoms with Crippen molar-refractivity contribution in [1.29, 1.82) is 0 Å². The number of rotatable bonds is 5. The van der Waals surface area contributed by atoms with Gasteiger partial charge in [-0.2, -0.15) is 0 Å². The molecule has 1 aliphatic rings. The van der Waals surface area contributed by atoms with E-state index in [1.54, 1.807) is 36.7 Å². The van der Waals surface area contributed by atoms with Crippen molar-refractivity contribution >= 4 is 21.6 Å². The van der Waals surface area contributed by atoms with E-state index in [2.05, 4.69) is 20.0 Å². The van der Waals surface area contributed by atoms with Crippen molar-refractivity contribution < 1.29 is 17.9 Å². The molecular weight excluding hydrogens is 392 g/mol. The van der Waals surface area contributed by atoms with Gasteiger partial charge in [-0.25, -0.2) is 8.42 Å². The highest BCUT2D eigenvalue weighted by molar-refractivity contribution is 7.92. The Morgan fingerprint density at radius 2 is 1.90 bits per heavy atom. The Hall–Kier alpha value is -3.46. The predicted molar refractivity (Wildman–Crippen MR) is 107 cm³/mol. The average molecular weight is 410 g/mol. The van der Waals surface area contributed by atoms with Gasteiger partial charge >= 0.3 is 0 Å². The first kappa shape index (κ1) is 18.9. The summed E-state index contributed by atoms with van der Waals surface area (Å²) >= 11 is 0. The summed E-state index contributed by atoms with van der Waals surface area (Å²) in [5, 5.41) is 2.72. The van der Waals surface area contributed by atoms with E-state index in [-0.39, 0.29) is 22.2 Å². The lowest BCUT2D eigenvalue weighted by Gasteiger charge is -2.17. The van der Waals surface area contributed by atoms with Crippen LogP contribution in [0, 0.1) is 0 Å². The molecule has 3 aromatic rings. The van der Waals surface area contributed by atoms with Crippen LogP contribution >= 0.6 is 0 Å². The van der Waals surface area contributed by atoms with Crippen molar-refractivity contribution in [3.8, 4) is 16.9 Å². The fraction of sp³-hybridized carbons (Fsp3) is 0.150. The molecule has 148 valence electrons. The second-order valence-corrected chi connectivity index (χ2v) is 8.08. The minimum Gasteiger partial charge on any atom is -0.495 e. The molecule has 0 atom stereocenters. The van der Waals surface area contributed by atoms with Crippen LogP contribution in [0.2, 0.25) is 0 Å². The molecule has 1 aromatic carbocycles. The molecule has 4 rings (SSSR count). The van der Waals surface area contributed by atoms with Gasteiger partial charge < -0.3 is 10.1 Å². The van der Waals surface area contributed by atoms with E-state index in [0.717, 1.165) is 5.56 Å². The van der Waals surface area contributed by atoms with Crippen molar-refractivity contribution in [2.24, 2.45) is 0 Å². The molecule has 1 amide bonds. The molecule has 0 fully saturated rings. The van der Waals surface area contributed by atoms with E-state index < -0.39 is 10.0 Å². The molecule has 0 bridgehead atoms. The van der Waals surface area contributed by atoms with Crippen molar-refractivity contribution in [2.45, 2.75) is 11.3 Å². The zero-order chi connectivity index (χ0) is 20.4. The zero-order valence-corrected chi connectivity index (χ0v) is 16.4. The first-order chi connectivity index (χ1) is 14.0. The van der Waals surface area contributed by atoms with Crippen molar-refractivity contribution in [3.63, 3.8) is 0 Å². The number of methoxy groups -OCH3 is 1. The molecule has 9 heteroatoms. The van der Waals surface area contributed by atoms with E-state index >= 15 is 0 Å². The molecule has 0 spiro atoms. The van der Waals surface area contributed by atoms with Crippen LogP contribution in [-0.2, 0) is 16.4 Å². The highest BCUT2D eigenvalue weighted by Gasteiger charge is 2.23. The number of fused-ring (bicyclic) bond motifs is 1. The summed E-state index contributed by atoms with van der Waals surface area (Å²) in [6.45, 7) is 0.517. The number of anilines is 1. The van der Waals surface area contributed by atoms with Crippen molar-refractivity contribution in [3.05, 3.63) is 66.2 Å². The van der Waals surface area contributed by atoms with Crippen LogP contribution in [0.15, 0.2) is 59.9 Å². The highest BCUT2D eigenvalue weighted by Crippen LogP contribution is 2.31. The molecule has 2 aromatic heterocycles. The van der Waals surface area contributed by atoms with E-state index in [4.69, 9.17) is 4.74 Å². The van der Waals surface area contributed by atoms with E-state index in [0.29, 0.717) is 29.8 Å². The third-order valence-electron chi connectivity index (χ3n) is 4.58. The molecule has 0 radical (unpaired) electrons. The Morgan fingerprint density at radius 3 is 2.66 bits per heavy atom. The molecule has 1 aliphatic heterocycles. The maximum Gasteiger partial charge on any atom is 0.265 e. The monoisotopic (exact) mass is 410 g/mol. The van der Waals surface area contributed by atoms with Crippen molar-refractivity contribution in [1.82, 2.24) is 15.3 Å². The predicted octanol–water partition coefficient (Wildman–Crippen LogP) is 2.24. The molecule has 0 saturated heterocycles. The van der Waals surface area contributed by atoms with Gasteiger partial charge in [0.2, 0.25) is 0 Å². The quantitative estimate of drug-likeness (QED) is 0.667. The van der Waals surface area contributed by atoms with E-state index in [1.165, 1.54) is 25.4 Å². The SMILES string of the molecule is COc1ccc(-c2ccncc2)cc1S(=O)(=O)Nc1cnc2c(c1)C(=O)NCC2. The molecule has 0 unspecified atom stereocenters. The lowest BCUT2D eigenvalue weighted by Crippen LogP contribution is -2.32. The summed E-state index contributed by atoms with van der Waals surface area (Å²) in [6.07, 6.45) is 5.29. The Balaban J connectivity index is 1.72.